The first kappa shape index (κ1) is 19.9. The molecule has 0 aromatic carbocycles. The smallest absolute Gasteiger partial charge is 0.303 e. The van der Waals surface area contributed by atoms with Crippen molar-refractivity contribution >= 4 is 11.9 Å². The van der Waals surface area contributed by atoms with E-state index in [9.17, 15) is 14.7 Å². The quantitative estimate of drug-likeness (QED) is 0.803. The maximum atomic E-state index is 11.9. The van der Waals surface area contributed by atoms with Crippen molar-refractivity contribution in [2.45, 2.75) is 77.5 Å². The molecule has 134 valence electrons. The van der Waals surface area contributed by atoms with Crippen molar-refractivity contribution in [3.8, 4) is 0 Å². The van der Waals surface area contributed by atoms with E-state index in [2.05, 4.69) is 9.80 Å². The molecular weight excluding hydrogens is 296 g/mol. The van der Waals surface area contributed by atoms with Crippen molar-refractivity contribution in [3.63, 3.8) is 0 Å². The van der Waals surface area contributed by atoms with Gasteiger partial charge in [-0.25, -0.2) is 0 Å². The van der Waals surface area contributed by atoms with Crippen LogP contribution in [0.4, 0.5) is 0 Å². The highest BCUT2D eigenvalue weighted by Crippen LogP contribution is 2.31. The molecule has 2 rings (SSSR count). The minimum absolute atomic E-state index is 0.222. The third-order valence-electron chi connectivity index (χ3n) is 4.49. The predicted octanol–water partition coefficient (Wildman–Crippen LogP) is 1.71. The van der Waals surface area contributed by atoms with E-state index < -0.39 is 11.6 Å². The Morgan fingerprint density at radius 2 is 1.57 bits per heavy atom. The highest BCUT2D eigenvalue weighted by atomic mass is 16.4. The zero-order valence-corrected chi connectivity index (χ0v) is 14.9. The number of carbonyl (C=O) groups excluding carboxylic acids is 1. The van der Waals surface area contributed by atoms with Crippen LogP contribution in [-0.4, -0.2) is 69.2 Å². The Morgan fingerprint density at radius 3 is 1.91 bits per heavy atom. The fourth-order valence-corrected chi connectivity index (χ4v) is 3.19. The molecule has 0 aromatic heterocycles. The summed E-state index contributed by atoms with van der Waals surface area (Å²) in [5.41, 5.74) is -0.588. The largest absolute Gasteiger partial charge is 0.481 e. The van der Waals surface area contributed by atoms with E-state index in [4.69, 9.17) is 5.11 Å². The van der Waals surface area contributed by atoms with E-state index in [1.165, 1.54) is 0 Å². The topological polar surface area (TPSA) is 81.1 Å². The molecule has 0 radical (unpaired) electrons. The summed E-state index contributed by atoms with van der Waals surface area (Å²) in [7, 11) is 0. The summed E-state index contributed by atoms with van der Waals surface area (Å²) >= 11 is 0. The van der Waals surface area contributed by atoms with Crippen LogP contribution in [0.3, 0.4) is 0 Å². The number of carboxylic acid groups (broad SMARTS) is 1. The van der Waals surface area contributed by atoms with Gasteiger partial charge in [-0.2, -0.15) is 0 Å². The van der Waals surface area contributed by atoms with Crippen LogP contribution in [0, 0.1) is 0 Å². The van der Waals surface area contributed by atoms with Gasteiger partial charge in [-0.3, -0.25) is 14.5 Å². The Kier molecular flexibility index (Phi) is 7.48. The maximum absolute atomic E-state index is 11.9. The summed E-state index contributed by atoms with van der Waals surface area (Å²) in [4.78, 5) is 25.8. The van der Waals surface area contributed by atoms with Crippen LogP contribution in [0.25, 0.3) is 0 Å². The van der Waals surface area contributed by atoms with Gasteiger partial charge in [0.2, 0.25) is 5.91 Å². The number of aliphatic hydroxyl groups is 1. The number of nitrogens with zero attached hydrogens (tertiary/aromatic N) is 2. The summed E-state index contributed by atoms with van der Waals surface area (Å²) < 4.78 is 0. The average Bonchev–Trinajstić information content (AvgIpc) is 2.75. The molecular formula is C17H32N2O4. The van der Waals surface area contributed by atoms with E-state index in [1.807, 2.05) is 20.8 Å². The summed E-state index contributed by atoms with van der Waals surface area (Å²) in [5, 5.41) is 17.5. The molecule has 2 saturated heterocycles. The molecule has 2 N–H and O–H groups in total. The van der Waals surface area contributed by atoms with Crippen LogP contribution in [0.2, 0.25) is 0 Å². The number of carboxylic acids is 1. The number of piperazine rings is 1. The lowest BCUT2D eigenvalue weighted by Crippen LogP contribution is -2.56. The first-order chi connectivity index (χ1) is 10.7. The van der Waals surface area contributed by atoms with Crippen molar-refractivity contribution in [2.24, 2.45) is 0 Å². The lowest BCUT2D eigenvalue weighted by atomic mass is 10.0. The van der Waals surface area contributed by atoms with E-state index in [-0.39, 0.29) is 6.42 Å². The molecule has 0 aliphatic carbocycles. The zero-order valence-electron chi connectivity index (χ0n) is 14.9. The normalized spacial score (nSPS) is 24.1. The van der Waals surface area contributed by atoms with Gasteiger partial charge in [0.1, 0.15) is 0 Å². The molecule has 0 aromatic rings. The van der Waals surface area contributed by atoms with Crippen LogP contribution in [0.1, 0.15) is 59.8 Å². The summed E-state index contributed by atoms with van der Waals surface area (Å²) in [6, 6.07) is 0.830. The number of rotatable bonds is 5. The summed E-state index contributed by atoms with van der Waals surface area (Å²) in [5.74, 6) is -0.436. The highest BCUT2D eigenvalue weighted by molar-refractivity contribution is 5.77. The van der Waals surface area contributed by atoms with Gasteiger partial charge in [0.15, 0.2) is 0 Å². The van der Waals surface area contributed by atoms with Crippen LogP contribution < -0.4 is 0 Å². The molecule has 2 heterocycles. The Morgan fingerprint density at radius 1 is 1.09 bits per heavy atom. The number of aliphatic carboxylic acids is 1. The number of carbonyl (C=O) groups is 2. The third-order valence-corrected chi connectivity index (χ3v) is 4.49. The fraction of sp³-hybridized carbons (Fsp3) is 0.882. The van der Waals surface area contributed by atoms with E-state index >= 15 is 0 Å². The number of amides is 1. The van der Waals surface area contributed by atoms with Gasteiger partial charge in [0, 0.05) is 44.6 Å². The second kappa shape index (κ2) is 8.64. The Bertz CT molecular complexity index is 392. The number of hydrogen-bond donors (Lipinski definition) is 2. The van der Waals surface area contributed by atoms with Crippen molar-refractivity contribution in [3.05, 3.63) is 0 Å². The van der Waals surface area contributed by atoms with Gasteiger partial charge in [-0.15, -0.1) is 0 Å². The zero-order chi connectivity index (χ0) is 17.6. The Balaban J connectivity index is 0.000000463. The SMILES string of the molecule is CCC(=O)N1C2CCC1CN(CCC(C)(C)O)C2.CCC(=O)O. The molecule has 0 saturated carbocycles. The molecule has 6 heteroatoms. The van der Waals surface area contributed by atoms with Crippen LogP contribution in [0.5, 0.6) is 0 Å². The van der Waals surface area contributed by atoms with Gasteiger partial charge in [-0.1, -0.05) is 13.8 Å². The third kappa shape index (κ3) is 6.47. The number of hydrogen-bond acceptors (Lipinski definition) is 4. The molecule has 2 fully saturated rings. The monoisotopic (exact) mass is 328 g/mol. The first-order valence-corrected chi connectivity index (χ1v) is 8.65. The molecule has 1 amide bonds. The van der Waals surface area contributed by atoms with Crippen LogP contribution >= 0.6 is 0 Å². The Hall–Kier alpha value is -1.14. The molecule has 2 aliphatic rings. The van der Waals surface area contributed by atoms with Gasteiger partial charge < -0.3 is 15.1 Å². The minimum Gasteiger partial charge on any atom is -0.481 e. The molecule has 2 unspecified atom stereocenters. The molecule has 2 atom stereocenters. The van der Waals surface area contributed by atoms with Crippen molar-refractivity contribution in [1.29, 1.82) is 0 Å². The summed E-state index contributed by atoms with van der Waals surface area (Å²) in [6.07, 6.45) is 3.94. The molecule has 2 bridgehead atoms. The van der Waals surface area contributed by atoms with E-state index in [0.717, 1.165) is 38.9 Å². The van der Waals surface area contributed by atoms with Gasteiger partial charge >= 0.3 is 5.97 Å². The van der Waals surface area contributed by atoms with Crippen LogP contribution in [-0.2, 0) is 9.59 Å². The van der Waals surface area contributed by atoms with Gasteiger partial charge in [-0.05, 0) is 33.1 Å². The van der Waals surface area contributed by atoms with Crippen molar-refractivity contribution in [1.82, 2.24) is 9.80 Å². The highest BCUT2D eigenvalue weighted by Gasteiger charge is 2.41. The molecule has 6 nitrogen and oxygen atoms in total. The van der Waals surface area contributed by atoms with Gasteiger partial charge in [0.25, 0.3) is 0 Å². The second-order valence-corrected chi connectivity index (χ2v) is 7.11. The Labute approximate surface area is 139 Å². The minimum atomic E-state index is -0.745. The average molecular weight is 328 g/mol. The number of likely N-dealkylation sites (tertiary alicyclic amines) is 1. The van der Waals surface area contributed by atoms with Crippen molar-refractivity contribution < 1.29 is 19.8 Å². The van der Waals surface area contributed by atoms with Crippen LogP contribution in [0.15, 0.2) is 0 Å². The second-order valence-electron chi connectivity index (χ2n) is 7.11. The van der Waals surface area contributed by atoms with Crippen molar-refractivity contribution in [2.75, 3.05) is 19.6 Å². The molecule has 23 heavy (non-hydrogen) atoms. The molecule has 2 aliphatic heterocycles. The standard InChI is InChI=1S/C14H26N2O2.C3H6O2/c1-4-13(17)16-11-5-6-12(16)10-15(9-11)8-7-14(2,3)18;1-2-3(4)5/h11-12,18H,4-10H2,1-3H3;2H2,1H3,(H,4,5). The van der Waals surface area contributed by atoms with E-state index in [1.54, 1.807) is 6.92 Å². The first-order valence-electron chi connectivity index (χ1n) is 8.65. The fourth-order valence-electron chi connectivity index (χ4n) is 3.19. The maximum Gasteiger partial charge on any atom is 0.303 e. The molecule has 0 spiro atoms. The lowest BCUT2D eigenvalue weighted by Gasteiger charge is -2.41. The predicted molar refractivity (Wildman–Crippen MR) is 89.2 cm³/mol. The summed E-state index contributed by atoms with van der Waals surface area (Å²) in [6.45, 7) is 10.2. The number of fused-ring (bicyclic) bond motifs is 2. The van der Waals surface area contributed by atoms with Gasteiger partial charge in [0.05, 0.1) is 5.60 Å². The lowest BCUT2D eigenvalue weighted by molar-refractivity contribution is -0.137. The van der Waals surface area contributed by atoms with E-state index in [0.29, 0.717) is 24.4 Å².